The summed E-state index contributed by atoms with van der Waals surface area (Å²) in [5.41, 5.74) is 7.99. The third kappa shape index (κ3) is 2.31. The summed E-state index contributed by atoms with van der Waals surface area (Å²) in [6.07, 6.45) is 7.24. The molecule has 3 aromatic carbocycles. The molecule has 1 aliphatic carbocycles. The summed E-state index contributed by atoms with van der Waals surface area (Å²) in [5.74, 6) is 0.407. The van der Waals surface area contributed by atoms with Crippen LogP contribution in [0.3, 0.4) is 0 Å². The van der Waals surface area contributed by atoms with Gasteiger partial charge in [-0.05, 0) is 29.7 Å². The molecular weight excluding hydrogens is 384 g/mol. The first-order valence-electron chi connectivity index (χ1n) is 10.7. The summed E-state index contributed by atoms with van der Waals surface area (Å²) in [7, 11) is 0. The van der Waals surface area contributed by atoms with E-state index in [-0.39, 0.29) is 4.75 Å². The molecule has 0 spiro atoms. The fourth-order valence-electron chi connectivity index (χ4n) is 5.28. The summed E-state index contributed by atoms with van der Waals surface area (Å²) >= 11 is 1.99. The Morgan fingerprint density at radius 1 is 0.900 bits per heavy atom. The van der Waals surface area contributed by atoms with E-state index in [0.717, 1.165) is 6.54 Å². The minimum Gasteiger partial charge on any atom is -0.354 e. The molecule has 3 aliphatic rings. The molecule has 146 valence electrons. The highest BCUT2D eigenvalue weighted by Crippen LogP contribution is 2.57. The van der Waals surface area contributed by atoms with Gasteiger partial charge < -0.3 is 10.3 Å². The minimum atomic E-state index is 0.104. The van der Waals surface area contributed by atoms with Crippen LogP contribution in [0.4, 0.5) is 0 Å². The average Bonchev–Trinajstić information content (AvgIpc) is 3.47. The molecule has 1 aromatic heterocycles. The molecule has 3 unspecified atom stereocenters. The molecule has 3 atom stereocenters. The summed E-state index contributed by atoms with van der Waals surface area (Å²) in [6.45, 7) is 3.44. The predicted octanol–water partition coefficient (Wildman–Crippen LogP) is 6.57. The van der Waals surface area contributed by atoms with Gasteiger partial charge in [0, 0.05) is 44.5 Å². The maximum Gasteiger partial charge on any atom is 0.0544 e. The molecule has 2 aliphatic heterocycles. The van der Waals surface area contributed by atoms with Crippen molar-refractivity contribution >= 4 is 39.1 Å². The Balaban J connectivity index is 1.43. The Morgan fingerprint density at radius 3 is 2.53 bits per heavy atom. The zero-order valence-corrected chi connectivity index (χ0v) is 17.6. The molecule has 30 heavy (non-hydrogen) atoms. The molecule has 2 nitrogen and oxygen atoms in total. The van der Waals surface area contributed by atoms with Crippen LogP contribution in [-0.4, -0.2) is 16.3 Å². The monoisotopic (exact) mass is 406 g/mol. The van der Waals surface area contributed by atoms with Crippen molar-refractivity contribution < 1.29 is 0 Å². The van der Waals surface area contributed by atoms with Gasteiger partial charge in [-0.25, -0.2) is 0 Å². The second kappa shape index (κ2) is 5.90. The molecule has 0 amide bonds. The van der Waals surface area contributed by atoms with Crippen molar-refractivity contribution in [2.45, 2.75) is 28.5 Å². The molecular formula is C27H22N2S. The number of hydrogen-bond acceptors (Lipinski definition) is 2. The van der Waals surface area contributed by atoms with Crippen molar-refractivity contribution in [3.05, 3.63) is 95.6 Å². The van der Waals surface area contributed by atoms with Crippen molar-refractivity contribution in [2.24, 2.45) is 0 Å². The number of benzene rings is 3. The van der Waals surface area contributed by atoms with E-state index in [1.54, 1.807) is 0 Å². The number of fused-ring (bicyclic) bond motifs is 6. The number of H-pyrrole nitrogens is 1. The number of para-hydroxylation sites is 2. The van der Waals surface area contributed by atoms with Crippen molar-refractivity contribution in [1.29, 1.82) is 0 Å². The second-order valence-corrected chi connectivity index (χ2v) is 10.4. The van der Waals surface area contributed by atoms with Gasteiger partial charge in [0.25, 0.3) is 0 Å². The Labute approximate surface area is 180 Å². The van der Waals surface area contributed by atoms with Crippen LogP contribution < -0.4 is 5.32 Å². The van der Waals surface area contributed by atoms with Gasteiger partial charge in [-0.2, -0.15) is 0 Å². The molecule has 3 heterocycles. The lowest BCUT2D eigenvalue weighted by atomic mass is 9.80. The van der Waals surface area contributed by atoms with E-state index in [9.17, 15) is 0 Å². The topological polar surface area (TPSA) is 37.7 Å². The molecule has 2 N–H and O–H groups in total. The number of thioether (sulfide) groups is 1. The molecule has 1 fully saturated rings. The lowest BCUT2D eigenvalue weighted by Gasteiger charge is -2.29. The van der Waals surface area contributed by atoms with Crippen LogP contribution in [0.25, 0.3) is 27.4 Å². The first-order chi connectivity index (χ1) is 14.7. The van der Waals surface area contributed by atoms with Crippen molar-refractivity contribution in [3.63, 3.8) is 0 Å². The third-order valence-electron chi connectivity index (χ3n) is 6.94. The Bertz CT molecular complexity index is 1410. The van der Waals surface area contributed by atoms with Crippen molar-refractivity contribution in [1.82, 2.24) is 10.3 Å². The number of allylic oxidation sites excluding steroid dienone is 3. The van der Waals surface area contributed by atoms with E-state index in [1.165, 1.54) is 49.0 Å². The molecule has 1 saturated heterocycles. The van der Waals surface area contributed by atoms with Crippen LogP contribution >= 0.6 is 11.8 Å². The highest BCUT2D eigenvalue weighted by atomic mass is 32.2. The van der Waals surface area contributed by atoms with E-state index in [2.05, 4.69) is 96.1 Å². The maximum atomic E-state index is 3.80. The SMILES string of the molecule is CC12C=CC(c3cccc4c3[nH]c3c(C5CN5)cccc34)=CC1c1ccccc1S2. The molecule has 0 bridgehead atoms. The van der Waals surface area contributed by atoms with Gasteiger partial charge in [-0.3, -0.25) is 0 Å². The number of rotatable bonds is 2. The van der Waals surface area contributed by atoms with Gasteiger partial charge in [0.1, 0.15) is 0 Å². The normalized spacial score (nSPS) is 26.6. The van der Waals surface area contributed by atoms with Gasteiger partial charge in [0.15, 0.2) is 0 Å². The van der Waals surface area contributed by atoms with Crippen molar-refractivity contribution in [2.75, 3.05) is 6.54 Å². The zero-order valence-electron chi connectivity index (χ0n) is 16.8. The zero-order chi connectivity index (χ0) is 19.9. The van der Waals surface area contributed by atoms with Crippen LogP contribution in [0.1, 0.15) is 35.6 Å². The van der Waals surface area contributed by atoms with E-state index < -0.39 is 0 Å². The van der Waals surface area contributed by atoms with E-state index in [0.29, 0.717) is 12.0 Å². The lowest BCUT2D eigenvalue weighted by molar-refractivity contribution is 0.704. The summed E-state index contributed by atoms with van der Waals surface area (Å²) in [6, 6.07) is 22.8. The first-order valence-corrected chi connectivity index (χ1v) is 11.5. The van der Waals surface area contributed by atoms with Gasteiger partial charge in [0.2, 0.25) is 0 Å². The number of aromatic nitrogens is 1. The molecule has 4 aromatic rings. The van der Waals surface area contributed by atoms with Crippen LogP contribution in [0.2, 0.25) is 0 Å². The molecule has 0 radical (unpaired) electrons. The summed E-state index contributed by atoms with van der Waals surface area (Å²) in [4.78, 5) is 5.22. The van der Waals surface area contributed by atoms with Gasteiger partial charge >= 0.3 is 0 Å². The van der Waals surface area contributed by atoms with Crippen LogP contribution in [0.5, 0.6) is 0 Å². The van der Waals surface area contributed by atoms with E-state index in [1.807, 2.05) is 11.8 Å². The molecule has 3 heteroatoms. The minimum absolute atomic E-state index is 0.104. The average molecular weight is 407 g/mol. The number of aromatic amines is 1. The summed E-state index contributed by atoms with van der Waals surface area (Å²) in [5, 5.41) is 6.10. The number of nitrogens with one attached hydrogen (secondary N) is 2. The number of hydrogen-bond donors (Lipinski definition) is 2. The van der Waals surface area contributed by atoms with E-state index >= 15 is 0 Å². The van der Waals surface area contributed by atoms with Crippen molar-refractivity contribution in [3.8, 4) is 0 Å². The largest absolute Gasteiger partial charge is 0.354 e. The molecule has 7 rings (SSSR count). The fraction of sp³-hybridized carbons (Fsp3) is 0.185. The second-order valence-electron chi connectivity index (χ2n) is 8.84. The Hall–Kier alpha value is -2.75. The fourth-order valence-corrected chi connectivity index (χ4v) is 6.67. The van der Waals surface area contributed by atoms with Crippen LogP contribution in [0, 0.1) is 0 Å². The lowest BCUT2D eigenvalue weighted by Crippen LogP contribution is -2.23. The maximum absolute atomic E-state index is 3.80. The quantitative estimate of drug-likeness (QED) is 0.370. The van der Waals surface area contributed by atoms with Gasteiger partial charge in [-0.15, -0.1) is 11.8 Å². The Kier molecular flexibility index (Phi) is 3.34. The predicted molar refractivity (Wildman–Crippen MR) is 127 cm³/mol. The smallest absolute Gasteiger partial charge is 0.0544 e. The Morgan fingerprint density at radius 2 is 1.67 bits per heavy atom. The molecule has 0 saturated carbocycles. The van der Waals surface area contributed by atoms with Gasteiger partial charge in [0.05, 0.1) is 11.0 Å². The first kappa shape index (κ1) is 17.0. The van der Waals surface area contributed by atoms with Crippen LogP contribution in [-0.2, 0) is 0 Å². The van der Waals surface area contributed by atoms with Gasteiger partial charge in [-0.1, -0.05) is 72.8 Å². The standard InChI is InChI=1S/C27H22N2S/c1-27-13-12-16(14-22(27)20-6-2-3-11-24(20)30-27)17-7-4-8-18-19-9-5-10-21(23-15-28-23)26(19)29-25(17)18/h2-14,22-23,28-29H,15H2,1H3. The third-order valence-corrected chi connectivity index (χ3v) is 8.36. The summed E-state index contributed by atoms with van der Waals surface area (Å²) < 4.78 is 0.104. The highest BCUT2D eigenvalue weighted by molar-refractivity contribution is 8.01. The van der Waals surface area contributed by atoms with Crippen LogP contribution in [0.15, 0.2) is 83.8 Å². The highest BCUT2D eigenvalue weighted by Gasteiger charge is 2.42. The van der Waals surface area contributed by atoms with E-state index in [4.69, 9.17) is 0 Å².